The second-order valence-corrected chi connectivity index (χ2v) is 7.05. The van der Waals surface area contributed by atoms with E-state index in [0.717, 1.165) is 6.07 Å². The van der Waals surface area contributed by atoms with Crippen molar-refractivity contribution in [3.05, 3.63) is 34.1 Å². The molecule has 8 heteroatoms. The fourth-order valence-corrected chi connectivity index (χ4v) is 3.28. The number of nitrogens with zero attached hydrogens (tertiary/aromatic N) is 2. The summed E-state index contributed by atoms with van der Waals surface area (Å²) in [4.78, 5) is 39.5. The number of carbonyl (C=O) groups excluding carboxylic acids is 3. The molecule has 1 saturated heterocycles. The zero-order valence-corrected chi connectivity index (χ0v) is 16.4. The Morgan fingerprint density at radius 3 is 2.58 bits per heavy atom. The summed E-state index contributed by atoms with van der Waals surface area (Å²) in [5.41, 5.74) is 0.168. The Bertz CT molecular complexity index is 690. The highest BCUT2D eigenvalue weighted by molar-refractivity contribution is 9.10. The van der Waals surface area contributed by atoms with E-state index < -0.39 is 11.7 Å². The molecule has 1 aliphatic heterocycles. The number of carbonyl (C=O) groups is 3. The quantitative estimate of drug-likeness (QED) is 0.675. The number of esters is 1. The van der Waals surface area contributed by atoms with Gasteiger partial charge in [-0.05, 0) is 53.9 Å². The van der Waals surface area contributed by atoms with Crippen molar-refractivity contribution < 1.29 is 23.5 Å². The Labute approximate surface area is 160 Å². The lowest BCUT2D eigenvalue weighted by molar-refractivity contribution is -0.151. The van der Waals surface area contributed by atoms with Crippen LogP contribution in [-0.2, 0) is 14.3 Å². The number of hydrogen-bond donors (Lipinski definition) is 0. The van der Waals surface area contributed by atoms with Gasteiger partial charge in [0.25, 0.3) is 5.91 Å². The summed E-state index contributed by atoms with van der Waals surface area (Å²) >= 11 is 3.22. The standard InChI is InChI=1S/C18H22BrFN2O4/c1-3-26-18(25)12-6-8-22(9-7-12)16(23)11-21(2)17(24)14-10-13(20)4-5-15(14)19/h4-5,10,12H,3,6-9,11H2,1-2H3. The third-order valence-corrected chi connectivity index (χ3v) is 5.04. The van der Waals surface area contributed by atoms with Crippen LogP contribution in [0.15, 0.2) is 22.7 Å². The molecule has 0 saturated carbocycles. The van der Waals surface area contributed by atoms with Crippen LogP contribution in [-0.4, -0.2) is 60.9 Å². The molecule has 1 fully saturated rings. The molecule has 0 bridgehead atoms. The molecule has 1 aliphatic rings. The van der Waals surface area contributed by atoms with Crippen molar-refractivity contribution in [3.63, 3.8) is 0 Å². The van der Waals surface area contributed by atoms with E-state index in [4.69, 9.17) is 4.74 Å². The summed E-state index contributed by atoms with van der Waals surface area (Å²) in [7, 11) is 1.50. The zero-order valence-electron chi connectivity index (χ0n) is 14.8. The lowest BCUT2D eigenvalue weighted by Crippen LogP contribution is -2.45. The van der Waals surface area contributed by atoms with Crippen LogP contribution >= 0.6 is 15.9 Å². The minimum absolute atomic E-state index is 0.105. The van der Waals surface area contributed by atoms with Crippen molar-refractivity contribution >= 4 is 33.7 Å². The van der Waals surface area contributed by atoms with Crippen LogP contribution in [0.1, 0.15) is 30.1 Å². The fraction of sp³-hybridized carbons (Fsp3) is 0.500. The maximum atomic E-state index is 13.4. The molecule has 6 nitrogen and oxygen atoms in total. The van der Waals surface area contributed by atoms with Crippen molar-refractivity contribution in [2.24, 2.45) is 5.92 Å². The number of halogens is 2. The van der Waals surface area contributed by atoms with Gasteiger partial charge in [0.15, 0.2) is 0 Å². The predicted molar refractivity (Wildman–Crippen MR) is 97.0 cm³/mol. The van der Waals surface area contributed by atoms with Gasteiger partial charge in [0.2, 0.25) is 5.91 Å². The first-order valence-corrected chi connectivity index (χ1v) is 9.27. The SMILES string of the molecule is CCOC(=O)C1CCN(C(=O)CN(C)C(=O)c2cc(F)ccc2Br)CC1. The molecule has 0 spiro atoms. The van der Waals surface area contributed by atoms with E-state index in [1.54, 1.807) is 11.8 Å². The van der Waals surface area contributed by atoms with Crippen molar-refractivity contribution in [1.82, 2.24) is 9.80 Å². The van der Waals surface area contributed by atoms with Crippen molar-refractivity contribution in [1.29, 1.82) is 0 Å². The third-order valence-electron chi connectivity index (χ3n) is 4.35. The van der Waals surface area contributed by atoms with Crippen LogP contribution in [0.2, 0.25) is 0 Å². The first-order chi connectivity index (χ1) is 12.3. The van der Waals surface area contributed by atoms with Gasteiger partial charge in [-0.1, -0.05) is 0 Å². The van der Waals surface area contributed by atoms with E-state index in [-0.39, 0.29) is 29.9 Å². The highest BCUT2D eigenvalue weighted by Crippen LogP contribution is 2.21. The van der Waals surface area contributed by atoms with Crippen LogP contribution in [0.4, 0.5) is 4.39 Å². The summed E-state index contributed by atoms with van der Waals surface area (Å²) in [5, 5.41) is 0. The number of rotatable bonds is 5. The Balaban J connectivity index is 1.90. The monoisotopic (exact) mass is 428 g/mol. The summed E-state index contributed by atoms with van der Waals surface area (Å²) in [5.74, 6) is -1.55. The maximum Gasteiger partial charge on any atom is 0.309 e. The van der Waals surface area contributed by atoms with E-state index in [2.05, 4.69) is 15.9 Å². The van der Waals surface area contributed by atoms with E-state index in [9.17, 15) is 18.8 Å². The average molecular weight is 429 g/mol. The Morgan fingerprint density at radius 2 is 1.96 bits per heavy atom. The molecule has 0 N–H and O–H groups in total. The summed E-state index contributed by atoms with van der Waals surface area (Å²) in [6, 6.07) is 3.84. The third kappa shape index (κ3) is 5.03. The Kier molecular flexibility index (Phi) is 7.14. The zero-order chi connectivity index (χ0) is 19.3. The van der Waals surface area contributed by atoms with Gasteiger partial charge < -0.3 is 14.5 Å². The molecule has 2 amide bonds. The van der Waals surface area contributed by atoms with E-state index in [1.165, 1.54) is 24.1 Å². The average Bonchev–Trinajstić information content (AvgIpc) is 2.63. The first kappa shape index (κ1) is 20.4. The second-order valence-electron chi connectivity index (χ2n) is 6.19. The van der Waals surface area contributed by atoms with Gasteiger partial charge in [0.1, 0.15) is 5.82 Å². The van der Waals surface area contributed by atoms with Gasteiger partial charge in [-0.15, -0.1) is 0 Å². The predicted octanol–water partition coefficient (Wildman–Crippen LogP) is 2.46. The molecule has 1 heterocycles. The summed E-state index contributed by atoms with van der Waals surface area (Å²) < 4.78 is 18.9. The lowest BCUT2D eigenvalue weighted by atomic mass is 9.97. The van der Waals surface area contributed by atoms with E-state index in [0.29, 0.717) is 37.0 Å². The first-order valence-electron chi connectivity index (χ1n) is 8.48. The Morgan fingerprint density at radius 1 is 1.31 bits per heavy atom. The maximum absolute atomic E-state index is 13.4. The molecular formula is C18H22BrFN2O4. The van der Waals surface area contributed by atoms with Crippen LogP contribution in [0, 0.1) is 11.7 Å². The second kappa shape index (κ2) is 9.12. The number of amides is 2. The minimum Gasteiger partial charge on any atom is -0.466 e. The largest absolute Gasteiger partial charge is 0.466 e. The summed E-state index contributed by atoms with van der Waals surface area (Å²) in [6.45, 7) is 2.91. The number of likely N-dealkylation sites (tertiary alicyclic amines) is 1. The number of benzene rings is 1. The van der Waals surface area contributed by atoms with Crippen molar-refractivity contribution in [3.8, 4) is 0 Å². The smallest absolute Gasteiger partial charge is 0.309 e. The molecule has 1 aromatic carbocycles. The van der Waals surface area contributed by atoms with Crippen LogP contribution < -0.4 is 0 Å². The van der Waals surface area contributed by atoms with Crippen LogP contribution in [0.3, 0.4) is 0 Å². The highest BCUT2D eigenvalue weighted by atomic mass is 79.9. The van der Waals surface area contributed by atoms with E-state index in [1.807, 2.05) is 0 Å². The molecule has 0 unspecified atom stereocenters. The number of ether oxygens (including phenoxy) is 1. The van der Waals surface area contributed by atoms with Crippen molar-refractivity contribution in [2.45, 2.75) is 19.8 Å². The topological polar surface area (TPSA) is 66.9 Å². The van der Waals surface area contributed by atoms with Crippen LogP contribution in [0.25, 0.3) is 0 Å². The fourth-order valence-electron chi connectivity index (χ4n) is 2.87. The number of hydrogen-bond acceptors (Lipinski definition) is 4. The lowest BCUT2D eigenvalue weighted by Gasteiger charge is -2.32. The van der Waals surface area contributed by atoms with Gasteiger partial charge in [-0.25, -0.2) is 4.39 Å². The number of piperidine rings is 1. The summed E-state index contributed by atoms with van der Waals surface area (Å²) in [6.07, 6.45) is 1.11. The molecule has 2 rings (SSSR count). The van der Waals surface area contributed by atoms with Crippen molar-refractivity contribution in [2.75, 3.05) is 33.3 Å². The molecule has 142 valence electrons. The van der Waals surface area contributed by atoms with Gasteiger partial charge in [-0.2, -0.15) is 0 Å². The molecule has 0 radical (unpaired) electrons. The van der Waals surface area contributed by atoms with Gasteiger partial charge in [-0.3, -0.25) is 14.4 Å². The highest BCUT2D eigenvalue weighted by Gasteiger charge is 2.29. The van der Waals surface area contributed by atoms with Gasteiger partial charge in [0.05, 0.1) is 24.6 Å². The minimum atomic E-state index is -0.516. The molecule has 1 aromatic rings. The molecule has 0 aliphatic carbocycles. The molecule has 0 aromatic heterocycles. The van der Waals surface area contributed by atoms with Gasteiger partial charge >= 0.3 is 5.97 Å². The molecular weight excluding hydrogens is 407 g/mol. The van der Waals surface area contributed by atoms with E-state index >= 15 is 0 Å². The normalized spacial score (nSPS) is 14.8. The van der Waals surface area contributed by atoms with Gasteiger partial charge in [0, 0.05) is 24.6 Å². The number of likely N-dealkylation sites (N-methyl/N-ethyl adjacent to an activating group) is 1. The Hall–Kier alpha value is -1.96. The van der Waals surface area contributed by atoms with Crippen LogP contribution in [0.5, 0.6) is 0 Å². The molecule has 26 heavy (non-hydrogen) atoms. The molecule has 0 atom stereocenters.